The summed E-state index contributed by atoms with van der Waals surface area (Å²) in [7, 11) is 2.26. The van der Waals surface area contributed by atoms with Gasteiger partial charge in [0.1, 0.15) is 0 Å². The maximum Gasteiger partial charge on any atom is -0.00161 e. The summed E-state index contributed by atoms with van der Waals surface area (Å²) >= 11 is 0. The Morgan fingerprint density at radius 3 is 1.89 bits per heavy atom. The normalized spacial score (nSPS) is 24.9. The van der Waals surface area contributed by atoms with Crippen LogP contribution in [0.2, 0.25) is 0 Å². The zero-order chi connectivity index (χ0) is 13.5. The lowest BCUT2D eigenvalue weighted by molar-refractivity contribution is 0.171. The van der Waals surface area contributed by atoms with Crippen LogP contribution in [0, 0.1) is 11.8 Å². The van der Waals surface area contributed by atoms with E-state index >= 15 is 0 Å². The monoisotopic (exact) mass is 266 g/mol. The number of hydrogen-bond donors (Lipinski definition) is 0. The third-order valence-electron chi connectivity index (χ3n) is 5.31. The van der Waals surface area contributed by atoms with Crippen molar-refractivity contribution in [2.75, 3.05) is 39.8 Å². The molecule has 2 rings (SSSR count). The third-order valence-corrected chi connectivity index (χ3v) is 5.31. The lowest BCUT2D eigenvalue weighted by atomic mass is 9.87. The largest absolute Gasteiger partial charge is 0.306 e. The van der Waals surface area contributed by atoms with Crippen molar-refractivity contribution in [3.05, 3.63) is 0 Å². The molecule has 0 bridgehead atoms. The van der Waals surface area contributed by atoms with E-state index in [1.165, 1.54) is 84.1 Å². The molecule has 0 aliphatic carbocycles. The van der Waals surface area contributed by atoms with Gasteiger partial charge in [0.2, 0.25) is 0 Å². The highest BCUT2D eigenvalue weighted by atomic mass is 15.1. The second-order valence-electron chi connectivity index (χ2n) is 6.96. The highest BCUT2D eigenvalue weighted by Gasteiger charge is 2.20. The van der Waals surface area contributed by atoms with Crippen LogP contribution in [-0.4, -0.2) is 49.6 Å². The van der Waals surface area contributed by atoms with E-state index in [9.17, 15) is 0 Å². The maximum absolute atomic E-state index is 2.66. The Labute approximate surface area is 120 Å². The van der Waals surface area contributed by atoms with E-state index in [4.69, 9.17) is 0 Å². The summed E-state index contributed by atoms with van der Waals surface area (Å²) in [6.07, 6.45) is 11.7. The molecule has 0 aromatic rings. The third kappa shape index (κ3) is 5.43. The molecule has 0 spiro atoms. The van der Waals surface area contributed by atoms with Gasteiger partial charge in [0.15, 0.2) is 0 Å². The Kier molecular flexibility index (Phi) is 6.66. The molecular weight excluding hydrogens is 232 g/mol. The molecule has 2 aliphatic heterocycles. The molecule has 2 saturated heterocycles. The average Bonchev–Trinajstić information content (AvgIpc) is 2.43. The lowest BCUT2D eigenvalue weighted by Crippen LogP contribution is -2.34. The summed E-state index contributed by atoms with van der Waals surface area (Å²) in [4.78, 5) is 5.15. The summed E-state index contributed by atoms with van der Waals surface area (Å²) < 4.78 is 0. The first-order valence-electron chi connectivity index (χ1n) is 8.68. The summed E-state index contributed by atoms with van der Waals surface area (Å²) in [6, 6.07) is 0. The van der Waals surface area contributed by atoms with E-state index in [0.717, 1.165) is 11.8 Å². The Morgan fingerprint density at radius 1 is 0.842 bits per heavy atom. The van der Waals surface area contributed by atoms with Crippen LogP contribution in [0.15, 0.2) is 0 Å². The van der Waals surface area contributed by atoms with Gasteiger partial charge in [-0.25, -0.2) is 0 Å². The Balaban J connectivity index is 1.52. The predicted octanol–water partition coefficient (Wildman–Crippen LogP) is 3.62. The molecule has 112 valence electrons. The zero-order valence-electron chi connectivity index (χ0n) is 13.2. The molecule has 2 fully saturated rings. The van der Waals surface area contributed by atoms with Crippen LogP contribution < -0.4 is 0 Å². The first-order valence-corrected chi connectivity index (χ1v) is 8.68. The second-order valence-corrected chi connectivity index (χ2v) is 6.96. The Morgan fingerprint density at radius 2 is 1.37 bits per heavy atom. The molecule has 2 nitrogen and oxygen atoms in total. The van der Waals surface area contributed by atoms with Crippen molar-refractivity contribution in [3.8, 4) is 0 Å². The summed E-state index contributed by atoms with van der Waals surface area (Å²) in [5.41, 5.74) is 0. The van der Waals surface area contributed by atoms with Gasteiger partial charge < -0.3 is 9.80 Å². The standard InChI is InChI=1S/C17H34N2/c1-3-11-19-14-9-17(10-15-19)6-4-5-16-7-12-18(2)13-8-16/h16-17H,3-15H2,1-2H3. The molecule has 0 aromatic carbocycles. The SMILES string of the molecule is CCCN1CCC(CCCC2CCN(C)CC2)CC1. The summed E-state index contributed by atoms with van der Waals surface area (Å²) in [5, 5.41) is 0. The molecule has 0 N–H and O–H groups in total. The molecule has 19 heavy (non-hydrogen) atoms. The molecule has 0 atom stereocenters. The minimum absolute atomic E-state index is 1.04. The van der Waals surface area contributed by atoms with Crippen molar-refractivity contribution >= 4 is 0 Å². The van der Waals surface area contributed by atoms with Crippen LogP contribution in [0.4, 0.5) is 0 Å². The predicted molar refractivity (Wildman–Crippen MR) is 83.5 cm³/mol. The smallest absolute Gasteiger partial charge is 0.00161 e. The first-order chi connectivity index (χ1) is 9.28. The minimum atomic E-state index is 1.04. The molecular formula is C17H34N2. The molecule has 0 aromatic heterocycles. The lowest BCUT2D eigenvalue weighted by Gasteiger charge is -2.32. The van der Waals surface area contributed by atoms with Crippen LogP contribution >= 0.6 is 0 Å². The van der Waals surface area contributed by atoms with Crippen LogP contribution in [0.3, 0.4) is 0 Å². The van der Waals surface area contributed by atoms with Crippen molar-refractivity contribution in [1.82, 2.24) is 9.80 Å². The second kappa shape index (κ2) is 8.26. The van der Waals surface area contributed by atoms with Gasteiger partial charge in [0.05, 0.1) is 0 Å². The van der Waals surface area contributed by atoms with Crippen molar-refractivity contribution in [1.29, 1.82) is 0 Å². The topological polar surface area (TPSA) is 6.48 Å². The Bertz CT molecular complexity index is 225. The van der Waals surface area contributed by atoms with Crippen molar-refractivity contribution in [2.24, 2.45) is 11.8 Å². The van der Waals surface area contributed by atoms with Gasteiger partial charge in [0.25, 0.3) is 0 Å². The summed E-state index contributed by atoms with van der Waals surface area (Å²) in [6.45, 7) is 9.02. The molecule has 2 aliphatic rings. The fraction of sp³-hybridized carbons (Fsp3) is 1.00. The van der Waals surface area contributed by atoms with Crippen LogP contribution in [-0.2, 0) is 0 Å². The van der Waals surface area contributed by atoms with Gasteiger partial charge in [0, 0.05) is 0 Å². The van der Waals surface area contributed by atoms with E-state index in [2.05, 4.69) is 23.8 Å². The van der Waals surface area contributed by atoms with Crippen LogP contribution in [0.25, 0.3) is 0 Å². The first kappa shape index (κ1) is 15.3. The van der Waals surface area contributed by atoms with Gasteiger partial charge in [-0.05, 0) is 83.7 Å². The van der Waals surface area contributed by atoms with Gasteiger partial charge in [-0.15, -0.1) is 0 Å². The number of nitrogens with zero attached hydrogens (tertiary/aromatic N) is 2. The average molecular weight is 266 g/mol. The summed E-state index contributed by atoms with van der Waals surface area (Å²) in [5.74, 6) is 2.08. The Hall–Kier alpha value is -0.0800. The molecule has 0 amide bonds. The highest BCUT2D eigenvalue weighted by molar-refractivity contribution is 4.74. The maximum atomic E-state index is 2.66. The van der Waals surface area contributed by atoms with Gasteiger partial charge in [-0.1, -0.05) is 26.2 Å². The number of piperidine rings is 2. The number of likely N-dealkylation sites (tertiary alicyclic amines) is 2. The van der Waals surface area contributed by atoms with E-state index in [0.29, 0.717) is 0 Å². The zero-order valence-corrected chi connectivity index (χ0v) is 13.2. The van der Waals surface area contributed by atoms with E-state index in [1.807, 2.05) is 0 Å². The number of hydrogen-bond acceptors (Lipinski definition) is 2. The van der Waals surface area contributed by atoms with Crippen LogP contribution in [0.1, 0.15) is 58.3 Å². The van der Waals surface area contributed by atoms with Crippen LogP contribution in [0.5, 0.6) is 0 Å². The highest BCUT2D eigenvalue weighted by Crippen LogP contribution is 2.26. The van der Waals surface area contributed by atoms with Crippen molar-refractivity contribution in [2.45, 2.75) is 58.3 Å². The fourth-order valence-corrected chi connectivity index (χ4v) is 3.86. The fourth-order valence-electron chi connectivity index (χ4n) is 3.86. The van der Waals surface area contributed by atoms with E-state index in [1.54, 1.807) is 0 Å². The molecule has 2 heterocycles. The van der Waals surface area contributed by atoms with E-state index in [-0.39, 0.29) is 0 Å². The van der Waals surface area contributed by atoms with E-state index < -0.39 is 0 Å². The van der Waals surface area contributed by atoms with Crippen molar-refractivity contribution < 1.29 is 0 Å². The molecule has 2 heteroatoms. The van der Waals surface area contributed by atoms with Gasteiger partial charge in [-0.2, -0.15) is 0 Å². The van der Waals surface area contributed by atoms with Gasteiger partial charge >= 0.3 is 0 Å². The number of rotatable bonds is 6. The quantitative estimate of drug-likeness (QED) is 0.724. The van der Waals surface area contributed by atoms with Gasteiger partial charge in [-0.3, -0.25) is 0 Å². The minimum Gasteiger partial charge on any atom is -0.306 e. The molecule has 0 radical (unpaired) electrons. The molecule has 0 saturated carbocycles. The molecule has 0 unspecified atom stereocenters. The van der Waals surface area contributed by atoms with Crippen molar-refractivity contribution in [3.63, 3.8) is 0 Å².